The van der Waals surface area contributed by atoms with Crippen molar-refractivity contribution < 1.29 is 19.1 Å². The molecule has 1 saturated carbocycles. The van der Waals surface area contributed by atoms with Gasteiger partial charge >= 0.3 is 5.97 Å². The molecule has 1 aromatic heterocycles. The van der Waals surface area contributed by atoms with Gasteiger partial charge in [-0.3, -0.25) is 4.79 Å². The van der Waals surface area contributed by atoms with E-state index in [2.05, 4.69) is 5.32 Å². The highest BCUT2D eigenvalue weighted by Crippen LogP contribution is 2.24. The third-order valence-corrected chi connectivity index (χ3v) is 3.36. The fourth-order valence-corrected chi connectivity index (χ4v) is 2.35. The second-order valence-electron chi connectivity index (χ2n) is 4.69. The van der Waals surface area contributed by atoms with Gasteiger partial charge in [-0.25, -0.2) is 4.79 Å². The van der Waals surface area contributed by atoms with Crippen molar-refractivity contribution in [3.05, 3.63) is 23.2 Å². The molecule has 0 bridgehead atoms. The van der Waals surface area contributed by atoms with E-state index in [1.54, 1.807) is 6.92 Å². The van der Waals surface area contributed by atoms with Crippen LogP contribution in [0.15, 0.2) is 10.5 Å². The van der Waals surface area contributed by atoms with Crippen LogP contribution in [0.3, 0.4) is 0 Å². The first-order valence-electron chi connectivity index (χ1n) is 6.18. The van der Waals surface area contributed by atoms with Crippen molar-refractivity contribution in [1.82, 2.24) is 5.32 Å². The topological polar surface area (TPSA) is 79.5 Å². The van der Waals surface area contributed by atoms with Gasteiger partial charge in [0.2, 0.25) is 5.91 Å². The first-order chi connectivity index (χ1) is 8.58. The molecule has 2 rings (SSSR count). The summed E-state index contributed by atoms with van der Waals surface area (Å²) in [7, 11) is 0. The van der Waals surface area contributed by atoms with Crippen molar-refractivity contribution in [3.63, 3.8) is 0 Å². The van der Waals surface area contributed by atoms with Crippen molar-refractivity contribution in [2.24, 2.45) is 5.92 Å². The summed E-state index contributed by atoms with van der Waals surface area (Å²) in [5.41, 5.74) is 0.153. The highest BCUT2D eigenvalue weighted by atomic mass is 16.4. The fraction of sp³-hybridized carbons (Fsp3) is 0.538. The number of rotatable bonds is 4. The molecular weight excluding hydrogens is 234 g/mol. The summed E-state index contributed by atoms with van der Waals surface area (Å²) in [6.07, 6.45) is 4.12. The molecule has 1 aromatic rings. The normalized spacial score (nSPS) is 15.8. The lowest BCUT2D eigenvalue weighted by Crippen LogP contribution is -2.28. The van der Waals surface area contributed by atoms with Gasteiger partial charge in [-0.05, 0) is 25.8 Å². The van der Waals surface area contributed by atoms with E-state index in [0.717, 1.165) is 25.7 Å². The Hall–Kier alpha value is -1.78. The summed E-state index contributed by atoms with van der Waals surface area (Å²) in [4.78, 5) is 22.6. The molecule has 5 nitrogen and oxygen atoms in total. The van der Waals surface area contributed by atoms with E-state index in [1.807, 2.05) is 0 Å². The van der Waals surface area contributed by atoms with Crippen LogP contribution in [0.2, 0.25) is 0 Å². The zero-order chi connectivity index (χ0) is 13.1. The average molecular weight is 251 g/mol. The molecular formula is C13H17NO4. The zero-order valence-corrected chi connectivity index (χ0v) is 10.4. The molecule has 1 heterocycles. The number of hydrogen-bond donors (Lipinski definition) is 2. The van der Waals surface area contributed by atoms with Crippen LogP contribution < -0.4 is 5.32 Å². The summed E-state index contributed by atoms with van der Waals surface area (Å²) in [5.74, 6) is -0.00749. The van der Waals surface area contributed by atoms with E-state index in [0.29, 0.717) is 11.5 Å². The average Bonchev–Trinajstić information content (AvgIpc) is 2.94. The Labute approximate surface area is 105 Å². The number of carboxylic acids is 1. The Kier molecular flexibility index (Phi) is 3.69. The summed E-state index contributed by atoms with van der Waals surface area (Å²) in [6.45, 7) is 1.86. The molecule has 0 unspecified atom stereocenters. The molecule has 0 radical (unpaired) electrons. The van der Waals surface area contributed by atoms with Crippen molar-refractivity contribution in [2.75, 3.05) is 0 Å². The van der Waals surface area contributed by atoms with Crippen LogP contribution in [0.25, 0.3) is 0 Å². The standard InChI is InChI=1S/C13H17NO4/c1-8-11(13(16)17)6-10(18-8)7-14-12(15)9-4-2-3-5-9/h6,9H,2-5,7H2,1H3,(H,14,15)(H,16,17). The first-order valence-corrected chi connectivity index (χ1v) is 6.18. The molecule has 1 fully saturated rings. The van der Waals surface area contributed by atoms with Gasteiger partial charge in [0.1, 0.15) is 17.1 Å². The van der Waals surface area contributed by atoms with Crippen LogP contribution in [0.5, 0.6) is 0 Å². The number of nitrogens with one attached hydrogen (secondary N) is 1. The molecule has 2 N–H and O–H groups in total. The molecule has 0 atom stereocenters. The quantitative estimate of drug-likeness (QED) is 0.858. The number of carboxylic acid groups (broad SMARTS) is 1. The minimum atomic E-state index is -1.01. The molecule has 0 aromatic carbocycles. The van der Waals surface area contributed by atoms with Crippen molar-refractivity contribution in [2.45, 2.75) is 39.2 Å². The van der Waals surface area contributed by atoms with Crippen LogP contribution in [0.4, 0.5) is 0 Å². The van der Waals surface area contributed by atoms with Crippen molar-refractivity contribution in [1.29, 1.82) is 0 Å². The SMILES string of the molecule is Cc1oc(CNC(=O)C2CCCC2)cc1C(=O)O. The minimum absolute atomic E-state index is 0.0402. The molecule has 98 valence electrons. The molecule has 0 aliphatic heterocycles. The van der Waals surface area contributed by atoms with Crippen molar-refractivity contribution >= 4 is 11.9 Å². The van der Waals surface area contributed by atoms with Crippen LogP contribution in [0, 0.1) is 12.8 Å². The maximum absolute atomic E-state index is 11.8. The first kappa shape index (κ1) is 12.7. The van der Waals surface area contributed by atoms with Gasteiger partial charge in [0.05, 0.1) is 6.54 Å². The number of aryl methyl sites for hydroxylation is 1. The largest absolute Gasteiger partial charge is 0.478 e. The van der Waals surface area contributed by atoms with Gasteiger partial charge in [-0.2, -0.15) is 0 Å². The molecule has 1 amide bonds. The highest BCUT2D eigenvalue weighted by Gasteiger charge is 2.22. The van der Waals surface area contributed by atoms with E-state index in [-0.39, 0.29) is 23.9 Å². The Balaban J connectivity index is 1.91. The summed E-state index contributed by atoms with van der Waals surface area (Å²) in [6, 6.07) is 1.46. The van der Waals surface area contributed by atoms with Crippen LogP contribution >= 0.6 is 0 Å². The summed E-state index contributed by atoms with van der Waals surface area (Å²) >= 11 is 0. The molecule has 18 heavy (non-hydrogen) atoms. The van der Waals surface area contributed by atoms with Gasteiger partial charge in [0, 0.05) is 5.92 Å². The van der Waals surface area contributed by atoms with E-state index in [9.17, 15) is 9.59 Å². The minimum Gasteiger partial charge on any atom is -0.478 e. The maximum atomic E-state index is 11.8. The van der Waals surface area contributed by atoms with E-state index >= 15 is 0 Å². The molecule has 0 saturated heterocycles. The fourth-order valence-electron chi connectivity index (χ4n) is 2.35. The smallest absolute Gasteiger partial charge is 0.339 e. The number of aromatic carboxylic acids is 1. The van der Waals surface area contributed by atoms with Crippen molar-refractivity contribution in [3.8, 4) is 0 Å². The van der Waals surface area contributed by atoms with Crippen LogP contribution in [0.1, 0.15) is 47.6 Å². The van der Waals surface area contributed by atoms with Crippen LogP contribution in [-0.2, 0) is 11.3 Å². The maximum Gasteiger partial charge on any atom is 0.339 e. The lowest BCUT2D eigenvalue weighted by Gasteiger charge is -2.08. The van der Waals surface area contributed by atoms with E-state index in [4.69, 9.17) is 9.52 Å². The number of hydrogen-bond acceptors (Lipinski definition) is 3. The Morgan fingerprint density at radius 1 is 1.44 bits per heavy atom. The molecule has 0 spiro atoms. The Morgan fingerprint density at radius 2 is 2.11 bits per heavy atom. The molecule has 1 aliphatic rings. The Bertz CT molecular complexity index is 458. The summed E-state index contributed by atoms with van der Waals surface area (Å²) in [5, 5.41) is 11.7. The van der Waals surface area contributed by atoms with E-state index < -0.39 is 5.97 Å². The molecule has 1 aliphatic carbocycles. The molecule has 5 heteroatoms. The van der Waals surface area contributed by atoms with E-state index in [1.165, 1.54) is 6.07 Å². The number of carbonyl (C=O) groups is 2. The Morgan fingerprint density at radius 3 is 2.67 bits per heavy atom. The third-order valence-electron chi connectivity index (χ3n) is 3.36. The number of furan rings is 1. The van der Waals surface area contributed by atoms with Gasteiger partial charge < -0.3 is 14.8 Å². The number of carbonyl (C=O) groups excluding carboxylic acids is 1. The summed E-state index contributed by atoms with van der Waals surface area (Å²) < 4.78 is 5.29. The second-order valence-corrected chi connectivity index (χ2v) is 4.69. The van der Waals surface area contributed by atoms with Gasteiger partial charge in [0.15, 0.2) is 0 Å². The highest BCUT2D eigenvalue weighted by molar-refractivity contribution is 5.88. The van der Waals surface area contributed by atoms with Gasteiger partial charge in [-0.1, -0.05) is 12.8 Å². The van der Waals surface area contributed by atoms with Crippen LogP contribution in [-0.4, -0.2) is 17.0 Å². The monoisotopic (exact) mass is 251 g/mol. The second kappa shape index (κ2) is 5.25. The third kappa shape index (κ3) is 2.72. The predicted molar refractivity (Wildman–Crippen MR) is 64.2 cm³/mol. The van der Waals surface area contributed by atoms with Gasteiger partial charge in [0.25, 0.3) is 0 Å². The number of amides is 1. The zero-order valence-electron chi connectivity index (χ0n) is 10.4. The lowest BCUT2D eigenvalue weighted by atomic mass is 10.1. The van der Waals surface area contributed by atoms with Gasteiger partial charge in [-0.15, -0.1) is 0 Å². The predicted octanol–water partition coefficient (Wildman–Crippen LogP) is 2.09. The lowest BCUT2D eigenvalue weighted by molar-refractivity contribution is -0.125.